The molecule has 0 saturated carbocycles. The van der Waals surface area contributed by atoms with Crippen molar-refractivity contribution in [2.45, 2.75) is 39.5 Å². The standard InChI is InChI=1S/C16H22N2O/c1-3-18(12(2)19)15-10-13-6-4-8-17-9-5-7-14(11-15)16(13)17/h10-11H,3-9H2,1-2H3. The Kier molecular flexibility index (Phi) is 3.21. The highest BCUT2D eigenvalue weighted by Crippen LogP contribution is 2.38. The summed E-state index contributed by atoms with van der Waals surface area (Å²) in [4.78, 5) is 16.1. The molecule has 3 nitrogen and oxygen atoms in total. The fourth-order valence-electron chi connectivity index (χ4n) is 3.53. The van der Waals surface area contributed by atoms with Gasteiger partial charge in [-0.3, -0.25) is 4.79 Å². The number of carbonyl (C=O) groups is 1. The molecule has 102 valence electrons. The zero-order valence-corrected chi connectivity index (χ0v) is 11.9. The molecule has 0 aromatic heterocycles. The lowest BCUT2D eigenvalue weighted by atomic mass is 9.91. The van der Waals surface area contributed by atoms with Crippen molar-refractivity contribution in [1.29, 1.82) is 0 Å². The van der Waals surface area contributed by atoms with Gasteiger partial charge in [0.2, 0.25) is 5.91 Å². The Morgan fingerprint density at radius 3 is 2.26 bits per heavy atom. The molecule has 1 amide bonds. The van der Waals surface area contributed by atoms with E-state index in [4.69, 9.17) is 0 Å². The van der Waals surface area contributed by atoms with E-state index in [1.54, 1.807) is 6.92 Å². The third-order valence-electron chi connectivity index (χ3n) is 4.33. The van der Waals surface area contributed by atoms with Crippen molar-refractivity contribution in [2.75, 3.05) is 29.4 Å². The zero-order valence-electron chi connectivity index (χ0n) is 11.9. The number of carbonyl (C=O) groups excluding carboxylic acids is 1. The van der Waals surface area contributed by atoms with Crippen LogP contribution in [-0.4, -0.2) is 25.5 Å². The van der Waals surface area contributed by atoms with E-state index < -0.39 is 0 Å². The van der Waals surface area contributed by atoms with Crippen LogP contribution >= 0.6 is 0 Å². The van der Waals surface area contributed by atoms with Gasteiger partial charge in [-0.2, -0.15) is 0 Å². The summed E-state index contributed by atoms with van der Waals surface area (Å²) in [5, 5.41) is 0. The predicted molar refractivity (Wildman–Crippen MR) is 79.0 cm³/mol. The number of anilines is 2. The number of rotatable bonds is 2. The molecule has 0 unspecified atom stereocenters. The van der Waals surface area contributed by atoms with E-state index in [0.29, 0.717) is 0 Å². The molecule has 0 spiro atoms. The molecule has 0 N–H and O–H groups in total. The van der Waals surface area contributed by atoms with E-state index in [1.807, 2.05) is 11.8 Å². The maximum Gasteiger partial charge on any atom is 0.223 e. The van der Waals surface area contributed by atoms with Crippen LogP contribution in [0.4, 0.5) is 11.4 Å². The lowest BCUT2D eigenvalue weighted by Gasteiger charge is -2.37. The maximum absolute atomic E-state index is 11.7. The van der Waals surface area contributed by atoms with Gasteiger partial charge >= 0.3 is 0 Å². The van der Waals surface area contributed by atoms with Gasteiger partial charge in [0.15, 0.2) is 0 Å². The van der Waals surface area contributed by atoms with E-state index in [2.05, 4.69) is 17.0 Å². The highest BCUT2D eigenvalue weighted by atomic mass is 16.2. The first-order chi connectivity index (χ1) is 9.20. The van der Waals surface area contributed by atoms with Crippen molar-refractivity contribution < 1.29 is 4.79 Å². The Balaban J connectivity index is 2.07. The fourth-order valence-corrected chi connectivity index (χ4v) is 3.53. The molecule has 2 aliphatic rings. The average molecular weight is 258 g/mol. The van der Waals surface area contributed by atoms with Crippen LogP contribution in [0.1, 0.15) is 37.8 Å². The number of benzene rings is 1. The van der Waals surface area contributed by atoms with Crippen LogP contribution in [0.3, 0.4) is 0 Å². The van der Waals surface area contributed by atoms with Gasteiger partial charge in [0.05, 0.1) is 0 Å². The topological polar surface area (TPSA) is 23.6 Å². The third-order valence-corrected chi connectivity index (χ3v) is 4.33. The van der Waals surface area contributed by atoms with Gasteiger partial charge < -0.3 is 9.80 Å². The van der Waals surface area contributed by atoms with Crippen LogP contribution in [0.25, 0.3) is 0 Å². The second kappa shape index (κ2) is 4.87. The molecule has 2 heterocycles. The largest absolute Gasteiger partial charge is 0.371 e. The minimum absolute atomic E-state index is 0.137. The summed E-state index contributed by atoms with van der Waals surface area (Å²) in [6, 6.07) is 4.47. The molecule has 0 bridgehead atoms. The van der Waals surface area contributed by atoms with Crippen LogP contribution < -0.4 is 9.80 Å². The van der Waals surface area contributed by atoms with Crippen LogP contribution in [0, 0.1) is 0 Å². The molecule has 19 heavy (non-hydrogen) atoms. The zero-order chi connectivity index (χ0) is 13.4. The van der Waals surface area contributed by atoms with Crippen molar-refractivity contribution in [3.63, 3.8) is 0 Å². The van der Waals surface area contributed by atoms with Gasteiger partial charge in [0.1, 0.15) is 0 Å². The van der Waals surface area contributed by atoms with Gasteiger partial charge in [-0.05, 0) is 55.9 Å². The molecule has 3 heteroatoms. The maximum atomic E-state index is 11.7. The van der Waals surface area contributed by atoms with Crippen LogP contribution in [0.15, 0.2) is 12.1 Å². The molecule has 0 atom stereocenters. The molecule has 0 fully saturated rings. The monoisotopic (exact) mass is 258 g/mol. The van der Waals surface area contributed by atoms with Gasteiger partial charge in [-0.15, -0.1) is 0 Å². The normalized spacial score (nSPS) is 17.1. The fraction of sp³-hybridized carbons (Fsp3) is 0.562. The van der Waals surface area contributed by atoms with Crippen LogP contribution in [-0.2, 0) is 17.6 Å². The Labute approximate surface area is 115 Å². The van der Waals surface area contributed by atoms with E-state index in [9.17, 15) is 4.79 Å². The summed E-state index contributed by atoms with van der Waals surface area (Å²) in [6.45, 7) is 6.84. The Morgan fingerprint density at radius 2 is 1.79 bits per heavy atom. The first-order valence-corrected chi connectivity index (χ1v) is 7.39. The molecule has 0 aliphatic carbocycles. The highest BCUT2D eigenvalue weighted by molar-refractivity contribution is 5.92. The van der Waals surface area contributed by atoms with Gasteiger partial charge in [0, 0.05) is 37.9 Å². The summed E-state index contributed by atoms with van der Waals surface area (Å²) < 4.78 is 0. The summed E-state index contributed by atoms with van der Waals surface area (Å²) >= 11 is 0. The summed E-state index contributed by atoms with van der Waals surface area (Å²) in [7, 11) is 0. The summed E-state index contributed by atoms with van der Waals surface area (Å²) in [6.07, 6.45) is 4.79. The summed E-state index contributed by atoms with van der Waals surface area (Å²) in [5.74, 6) is 0.137. The Bertz CT molecular complexity index is 478. The lowest BCUT2D eigenvalue weighted by molar-refractivity contribution is -0.116. The van der Waals surface area contributed by atoms with E-state index in [-0.39, 0.29) is 5.91 Å². The molecular formula is C16H22N2O. The average Bonchev–Trinajstić information content (AvgIpc) is 2.39. The highest BCUT2D eigenvalue weighted by Gasteiger charge is 2.25. The van der Waals surface area contributed by atoms with Crippen molar-refractivity contribution in [3.05, 3.63) is 23.3 Å². The number of nitrogens with zero attached hydrogens (tertiary/aromatic N) is 2. The molecular weight excluding hydrogens is 236 g/mol. The predicted octanol–water partition coefficient (Wildman–Crippen LogP) is 2.76. The van der Waals surface area contributed by atoms with Gasteiger partial charge in [0.25, 0.3) is 0 Å². The molecule has 3 rings (SSSR count). The number of aryl methyl sites for hydroxylation is 2. The van der Waals surface area contributed by atoms with Crippen molar-refractivity contribution >= 4 is 17.3 Å². The van der Waals surface area contributed by atoms with E-state index >= 15 is 0 Å². The van der Waals surface area contributed by atoms with Crippen molar-refractivity contribution in [3.8, 4) is 0 Å². The first-order valence-electron chi connectivity index (χ1n) is 7.39. The van der Waals surface area contributed by atoms with Crippen molar-refractivity contribution in [1.82, 2.24) is 0 Å². The molecule has 1 aromatic rings. The van der Waals surface area contributed by atoms with E-state index in [0.717, 1.165) is 25.1 Å². The minimum Gasteiger partial charge on any atom is -0.371 e. The second-order valence-electron chi connectivity index (χ2n) is 5.57. The number of amides is 1. The van der Waals surface area contributed by atoms with Gasteiger partial charge in [-0.1, -0.05) is 0 Å². The molecule has 2 aliphatic heterocycles. The Hall–Kier alpha value is -1.51. The number of hydrogen-bond donors (Lipinski definition) is 0. The quantitative estimate of drug-likeness (QED) is 0.814. The second-order valence-corrected chi connectivity index (χ2v) is 5.57. The van der Waals surface area contributed by atoms with Gasteiger partial charge in [-0.25, -0.2) is 0 Å². The molecule has 0 saturated heterocycles. The minimum atomic E-state index is 0.137. The van der Waals surface area contributed by atoms with E-state index in [1.165, 1.54) is 42.7 Å². The summed E-state index contributed by atoms with van der Waals surface area (Å²) in [5.41, 5.74) is 5.45. The third kappa shape index (κ3) is 2.11. The van der Waals surface area contributed by atoms with Crippen LogP contribution in [0.2, 0.25) is 0 Å². The van der Waals surface area contributed by atoms with Crippen LogP contribution in [0.5, 0.6) is 0 Å². The lowest BCUT2D eigenvalue weighted by Crippen LogP contribution is -2.35. The van der Waals surface area contributed by atoms with Crippen molar-refractivity contribution in [2.24, 2.45) is 0 Å². The SMILES string of the molecule is CCN(C(C)=O)c1cc2c3c(c1)CCCN3CCC2. The molecule has 1 aromatic carbocycles. The smallest absolute Gasteiger partial charge is 0.223 e. The Morgan fingerprint density at radius 1 is 1.21 bits per heavy atom. The molecule has 0 radical (unpaired) electrons. The number of hydrogen-bond acceptors (Lipinski definition) is 2. The first kappa shape index (κ1) is 12.5.